The number of amides is 3. The van der Waals surface area contributed by atoms with Gasteiger partial charge in [0.2, 0.25) is 0 Å². The number of thioether (sulfide) groups is 1. The van der Waals surface area contributed by atoms with E-state index in [0.717, 1.165) is 16.7 Å². The number of carbonyl (C=O) groups excluding carboxylic acids is 3. The van der Waals surface area contributed by atoms with Gasteiger partial charge in [0.15, 0.2) is 5.12 Å². The Morgan fingerprint density at radius 3 is 1.97 bits per heavy atom. The molecule has 0 aliphatic carbocycles. The summed E-state index contributed by atoms with van der Waals surface area (Å²) in [6.45, 7) is 5.34. The van der Waals surface area contributed by atoms with Crippen molar-refractivity contribution in [2.75, 3.05) is 26.2 Å². The van der Waals surface area contributed by atoms with Crippen LogP contribution in [0.15, 0.2) is 48.5 Å². The minimum atomic E-state index is -4.69. The number of nitro benzene ring substituents is 2. The first-order valence-electron chi connectivity index (χ1n) is 17.7. The molecule has 332 valence electrons. The lowest BCUT2D eigenvalue weighted by atomic mass is 9.87. The summed E-state index contributed by atoms with van der Waals surface area (Å²) in [7, 11) is -8.54. The molecule has 3 amide bonds. The number of nitrogens with two attached hydrogens (primary N) is 2. The molecule has 0 bridgehead atoms. The summed E-state index contributed by atoms with van der Waals surface area (Å²) < 4.78 is 59.6. The zero-order valence-corrected chi connectivity index (χ0v) is 36.1. The molecule has 0 saturated carbocycles. The number of carbonyl (C=O) groups is 4. The fraction of sp³-hybridized carbons (Fsp3) is 0.515. The van der Waals surface area contributed by atoms with Gasteiger partial charge in [-0.3, -0.25) is 29.9 Å². The monoisotopic (exact) mass is 922 g/mol. The number of rotatable bonds is 13. The fourth-order valence-corrected chi connectivity index (χ4v) is 8.98. The first-order chi connectivity index (χ1) is 27.6. The SMILES string of the molecule is CC(=O)SC1CN(C(=O)O)[C@](Cc2ccc([N+](=O)[O-])cc2)(CN(C(=O)OC(C)(C)C)S(N)(=O)=O)C1.NS(=O)(=O)NC[C@@H]1C[C@H](S)CN1C(=O)OCc1ccc([N+](=O)[O-])cc1. The molecule has 2 saturated heterocycles. The third kappa shape index (κ3) is 15.0. The van der Waals surface area contributed by atoms with E-state index in [1.54, 1.807) is 0 Å². The average molecular weight is 923 g/mol. The largest absolute Gasteiger partial charge is 0.465 e. The van der Waals surface area contributed by atoms with E-state index in [1.807, 2.05) is 0 Å². The molecule has 4 rings (SSSR count). The van der Waals surface area contributed by atoms with Crippen LogP contribution < -0.4 is 15.0 Å². The molecule has 6 N–H and O–H groups in total. The first-order valence-corrected chi connectivity index (χ1v) is 22.1. The Hall–Kier alpha value is -4.80. The van der Waals surface area contributed by atoms with E-state index in [2.05, 4.69) is 17.4 Å². The van der Waals surface area contributed by atoms with Gasteiger partial charge in [0.05, 0.1) is 21.9 Å². The number of hydrogen-bond donors (Lipinski definition) is 5. The van der Waals surface area contributed by atoms with E-state index < -0.39 is 77.5 Å². The highest BCUT2D eigenvalue weighted by atomic mass is 32.2. The van der Waals surface area contributed by atoms with Crippen molar-refractivity contribution in [2.24, 2.45) is 10.3 Å². The van der Waals surface area contributed by atoms with E-state index in [0.29, 0.717) is 24.1 Å². The van der Waals surface area contributed by atoms with Gasteiger partial charge in [0.1, 0.15) is 12.2 Å². The van der Waals surface area contributed by atoms with E-state index in [-0.39, 0.29) is 58.6 Å². The van der Waals surface area contributed by atoms with Gasteiger partial charge in [0.25, 0.3) is 21.6 Å². The summed E-state index contributed by atoms with van der Waals surface area (Å²) in [5.74, 6) is 0. The molecule has 2 aliphatic heterocycles. The molecule has 0 aromatic heterocycles. The summed E-state index contributed by atoms with van der Waals surface area (Å²) in [5, 5.41) is 40.9. The van der Waals surface area contributed by atoms with E-state index in [1.165, 1.54) is 81.1 Å². The van der Waals surface area contributed by atoms with Crippen molar-refractivity contribution in [3.05, 3.63) is 79.9 Å². The molecule has 2 aromatic carbocycles. The number of nitrogens with zero attached hydrogens (tertiary/aromatic N) is 5. The van der Waals surface area contributed by atoms with Crippen molar-refractivity contribution in [3.63, 3.8) is 0 Å². The number of ether oxygens (including phenoxy) is 2. The number of non-ortho nitro benzene ring substituents is 2. The molecule has 60 heavy (non-hydrogen) atoms. The highest BCUT2D eigenvalue weighted by molar-refractivity contribution is 8.14. The van der Waals surface area contributed by atoms with Gasteiger partial charge >= 0.3 is 28.5 Å². The molecule has 4 atom stereocenters. The molecular formula is C33H46N8O15S4. The van der Waals surface area contributed by atoms with Crippen molar-refractivity contribution in [3.8, 4) is 0 Å². The summed E-state index contributed by atoms with van der Waals surface area (Å²) in [4.78, 5) is 71.8. The van der Waals surface area contributed by atoms with Crippen LogP contribution in [-0.4, -0.2) is 123 Å². The molecular weight excluding hydrogens is 877 g/mol. The Morgan fingerprint density at radius 1 is 0.983 bits per heavy atom. The van der Waals surface area contributed by atoms with Crippen LogP contribution in [0.25, 0.3) is 0 Å². The molecule has 2 aliphatic rings. The number of thiol groups is 1. The number of nitro groups is 2. The maximum Gasteiger partial charge on any atom is 0.425 e. The topological polar surface area (TPSA) is 335 Å². The molecule has 23 nitrogen and oxygen atoms in total. The zero-order valence-electron chi connectivity index (χ0n) is 32.7. The Kier molecular flexibility index (Phi) is 16.7. The molecule has 2 fully saturated rings. The van der Waals surface area contributed by atoms with Crippen LogP contribution >= 0.6 is 24.4 Å². The smallest absolute Gasteiger partial charge is 0.425 e. The van der Waals surface area contributed by atoms with Gasteiger partial charge in [-0.15, -0.1) is 0 Å². The number of nitrogens with one attached hydrogen (secondary N) is 1. The normalized spacial score (nSPS) is 20.4. The van der Waals surface area contributed by atoms with Crippen LogP contribution in [0.4, 0.5) is 25.8 Å². The van der Waals surface area contributed by atoms with Crippen LogP contribution in [0.5, 0.6) is 0 Å². The van der Waals surface area contributed by atoms with Crippen LogP contribution in [0.2, 0.25) is 0 Å². The van der Waals surface area contributed by atoms with Crippen molar-refractivity contribution < 1.29 is 60.4 Å². The van der Waals surface area contributed by atoms with E-state index in [4.69, 9.17) is 19.8 Å². The van der Waals surface area contributed by atoms with Crippen LogP contribution in [0, 0.1) is 20.2 Å². The maximum absolute atomic E-state index is 12.8. The Labute approximate surface area is 355 Å². The Balaban J connectivity index is 0.000000338. The van der Waals surface area contributed by atoms with E-state index in [9.17, 15) is 61.3 Å². The lowest BCUT2D eigenvalue weighted by molar-refractivity contribution is -0.385. The van der Waals surface area contributed by atoms with Gasteiger partial charge in [-0.1, -0.05) is 23.9 Å². The van der Waals surface area contributed by atoms with Crippen molar-refractivity contribution >= 4 is 79.6 Å². The zero-order chi connectivity index (χ0) is 45.4. The minimum Gasteiger partial charge on any atom is -0.465 e. The fourth-order valence-electron chi connectivity index (χ4n) is 6.38. The predicted octanol–water partition coefficient (Wildman–Crippen LogP) is 2.75. The van der Waals surface area contributed by atoms with Crippen molar-refractivity contribution in [1.29, 1.82) is 0 Å². The predicted molar refractivity (Wildman–Crippen MR) is 219 cm³/mol. The summed E-state index contributed by atoms with van der Waals surface area (Å²) in [6.07, 6.45) is -2.89. The molecule has 0 radical (unpaired) electrons. The molecule has 1 unspecified atom stereocenters. The highest BCUT2D eigenvalue weighted by Crippen LogP contribution is 2.40. The number of likely N-dealkylation sites (tertiary alicyclic amines) is 2. The second kappa shape index (κ2) is 20.2. The molecule has 2 heterocycles. The van der Waals surface area contributed by atoms with Crippen molar-refractivity contribution in [1.82, 2.24) is 18.8 Å². The average Bonchev–Trinajstić information content (AvgIpc) is 3.67. The van der Waals surface area contributed by atoms with Crippen LogP contribution in [0.3, 0.4) is 0 Å². The van der Waals surface area contributed by atoms with Gasteiger partial charge in [-0.05, 0) is 63.3 Å². The van der Waals surface area contributed by atoms with Gasteiger partial charge in [0, 0.05) is 67.4 Å². The maximum atomic E-state index is 12.8. The standard InChI is InChI=1S/C20H28N4O9S2.C13H18N4O6S2/c1-13(25)34-16-10-20(22(11-16)17(26)27,9-14-5-7-15(8-6-14)24(29)30)12-23(35(21,31)32)18(28)33-19(2,3)4;14-25(21,22)15-6-11-5-12(24)7-16(11)13(18)23-8-9-1-3-10(4-2-9)17(19)20/h5-8,16H,9-12H2,1-4H3,(H,26,27)(H2,21,31,32);1-4,11-12,15,24H,5-8H2,(H2,14,21,22)/t16?,20-;11-,12-/m00/s1. The molecule has 0 spiro atoms. The third-order valence-electron chi connectivity index (χ3n) is 8.81. The van der Waals surface area contributed by atoms with Gasteiger partial charge in [-0.25, -0.2) is 29.4 Å². The quantitative estimate of drug-likeness (QED) is 0.110. The summed E-state index contributed by atoms with van der Waals surface area (Å²) in [6, 6.07) is 10.5. The first kappa shape index (κ1) is 49.6. The molecule has 27 heteroatoms. The van der Waals surface area contributed by atoms with Crippen molar-refractivity contribution in [2.45, 2.75) is 81.2 Å². The van der Waals surface area contributed by atoms with Crippen LogP contribution in [0.1, 0.15) is 51.7 Å². The molecule has 2 aromatic rings. The number of carboxylic acid groups (broad SMARTS) is 1. The minimum absolute atomic E-state index is 0.00928. The summed E-state index contributed by atoms with van der Waals surface area (Å²) in [5.41, 5.74) is -1.79. The second-order valence-corrected chi connectivity index (χ2v) is 19.8. The van der Waals surface area contributed by atoms with E-state index >= 15 is 0 Å². The van der Waals surface area contributed by atoms with Gasteiger partial charge in [-0.2, -0.15) is 33.8 Å². The lowest BCUT2D eigenvalue weighted by Gasteiger charge is -2.40. The highest BCUT2D eigenvalue weighted by Gasteiger charge is 2.52. The number of benzene rings is 2. The van der Waals surface area contributed by atoms with Crippen LogP contribution in [-0.2, 0) is 47.7 Å². The second-order valence-electron chi connectivity index (χ2n) is 14.8. The summed E-state index contributed by atoms with van der Waals surface area (Å²) >= 11 is 5.22. The van der Waals surface area contributed by atoms with Gasteiger partial charge < -0.3 is 19.5 Å². The number of hydrogen-bond acceptors (Lipinski definition) is 16. The Bertz CT molecular complexity index is 2140. The lowest BCUT2D eigenvalue weighted by Crippen LogP contribution is -2.59. The Morgan fingerprint density at radius 2 is 1.52 bits per heavy atom. The third-order valence-corrected chi connectivity index (χ3v) is 11.6.